The molecule has 3 heterocycles. The van der Waals surface area contributed by atoms with Gasteiger partial charge in [-0.2, -0.15) is 5.10 Å². The molecule has 1 aliphatic rings. The molecule has 5 rings (SSSR count). The number of hydrogen-bond donors (Lipinski definition) is 3. The minimum Gasteiger partial charge on any atom is -0.381 e. The quantitative estimate of drug-likeness (QED) is 0.461. The summed E-state index contributed by atoms with van der Waals surface area (Å²) >= 11 is 0. The molecule has 2 aromatic heterocycles. The summed E-state index contributed by atoms with van der Waals surface area (Å²) < 4.78 is 0. The van der Waals surface area contributed by atoms with Crippen LogP contribution in [0.4, 0.5) is 17.3 Å². The van der Waals surface area contributed by atoms with Crippen LogP contribution in [0.15, 0.2) is 54.9 Å². The van der Waals surface area contributed by atoms with Gasteiger partial charge in [0.15, 0.2) is 11.6 Å². The molecular weight excluding hydrogens is 388 g/mol. The molecular formula is C23H26N8. The molecule has 0 unspecified atom stereocenters. The van der Waals surface area contributed by atoms with Crippen LogP contribution in [-0.2, 0) is 6.54 Å². The van der Waals surface area contributed by atoms with Crippen LogP contribution in [0.25, 0.3) is 22.2 Å². The van der Waals surface area contributed by atoms with Crippen molar-refractivity contribution in [2.24, 2.45) is 0 Å². The molecule has 0 spiro atoms. The minimum absolute atomic E-state index is 0.364. The molecule has 0 atom stereocenters. The van der Waals surface area contributed by atoms with E-state index in [0.29, 0.717) is 11.6 Å². The third-order valence-corrected chi connectivity index (χ3v) is 5.76. The van der Waals surface area contributed by atoms with Crippen LogP contribution in [-0.4, -0.2) is 63.2 Å². The van der Waals surface area contributed by atoms with E-state index in [1.807, 2.05) is 18.2 Å². The zero-order chi connectivity index (χ0) is 21.2. The zero-order valence-electron chi connectivity index (χ0n) is 17.5. The SMILES string of the molecule is CN1CCN(Cc2ccc(-c3cnc(N)c(Nc4ccc5[nH]ncc5c4)n3)cc2)CC1. The number of nitrogens with zero attached hydrogens (tertiary/aromatic N) is 5. The van der Waals surface area contributed by atoms with Gasteiger partial charge in [0.2, 0.25) is 0 Å². The van der Waals surface area contributed by atoms with Crippen LogP contribution in [0.5, 0.6) is 0 Å². The van der Waals surface area contributed by atoms with Crippen molar-refractivity contribution < 1.29 is 0 Å². The number of nitrogens with two attached hydrogens (primary N) is 1. The first kappa shape index (κ1) is 19.5. The van der Waals surface area contributed by atoms with Gasteiger partial charge in [0, 0.05) is 49.4 Å². The van der Waals surface area contributed by atoms with E-state index in [2.05, 4.69) is 61.6 Å². The Morgan fingerprint density at radius 1 is 1.03 bits per heavy atom. The average molecular weight is 415 g/mol. The van der Waals surface area contributed by atoms with E-state index in [0.717, 1.165) is 60.6 Å². The fourth-order valence-corrected chi connectivity index (χ4v) is 3.83. The Labute approximate surface area is 181 Å². The number of hydrogen-bond acceptors (Lipinski definition) is 7. The van der Waals surface area contributed by atoms with Crippen LogP contribution >= 0.6 is 0 Å². The number of likely N-dealkylation sites (N-methyl/N-ethyl adjacent to an activating group) is 1. The molecule has 31 heavy (non-hydrogen) atoms. The first-order valence-electron chi connectivity index (χ1n) is 10.5. The van der Waals surface area contributed by atoms with Crippen molar-refractivity contribution in [3.63, 3.8) is 0 Å². The van der Waals surface area contributed by atoms with Gasteiger partial charge >= 0.3 is 0 Å². The van der Waals surface area contributed by atoms with Gasteiger partial charge in [-0.3, -0.25) is 10.00 Å². The molecule has 4 aromatic rings. The van der Waals surface area contributed by atoms with E-state index in [9.17, 15) is 0 Å². The van der Waals surface area contributed by atoms with Gasteiger partial charge in [-0.1, -0.05) is 24.3 Å². The van der Waals surface area contributed by atoms with Crippen LogP contribution < -0.4 is 11.1 Å². The number of anilines is 3. The van der Waals surface area contributed by atoms with Crippen LogP contribution in [0.3, 0.4) is 0 Å². The maximum Gasteiger partial charge on any atom is 0.173 e. The van der Waals surface area contributed by atoms with Crippen LogP contribution in [0.1, 0.15) is 5.56 Å². The lowest BCUT2D eigenvalue weighted by Gasteiger charge is -2.32. The fraction of sp³-hybridized carbons (Fsp3) is 0.261. The monoisotopic (exact) mass is 414 g/mol. The highest BCUT2D eigenvalue weighted by Crippen LogP contribution is 2.26. The predicted octanol–water partition coefficient (Wildman–Crippen LogP) is 3.09. The van der Waals surface area contributed by atoms with Gasteiger partial charge < -0.3 is 16.0 Å². The number of aromatic nitrogens is 4. The van der Waals surface area contributed by atoms with Crippen LogP contribution in [0, 0.1) is 0 Å². The largest absolute Gasteiger partial charge is 0.381 e. The number of fused-ring (bicyclic) bond motifs is 1. The molecule has 0 radical (unpaired) electrons. The molecule has 2 aromatic carbocycles. The van der Waals surface area contributed by atoms with Crippen molar-refractivity contribution in [2.45, 2.75) is 6.54 Å². The summed E-state index contributed by atoms with van der Waals surface area (Å²) in [6, 6.07) is 14.5. The Morgan fingerprint density at radius 3 is 2.65 bits per heavy atom. The van der Waals surface area contributed by atoms with E-state index in [4.69, 9.17) is 10.7 Å². The van der Waals surface area contributed by atoms with Gasteiger partial charge in [0.1, 0.15) is 0 Å². The number of aromatic amines is 1. The summed E-state index contributed by atoms with van der Waals surface area (Å²) in [5.41, 5.74) is 11.1. The number of nitrogens with one attached hydrogen (secondary N) is 2. The second-order valence-electron chi connectivity index (χ2n) is 8.06. The Balaban J connectivity index is 1.32. The van der Waals surface area contributed by atoms with Crippen molar-refractivity contribution in [2.75, 3.05) is 44.3 Å². The minimum atomic E-state index is 0.364. The fourth-order valence-electron chi connectivity index (χ4n) is 3.83. The van der Waals surface area contributed by atoms with Crippen molar-refractivity contribution in [3.05, 3.63) is 60.4 Å². The summed E-state index contributed by atoms with van der Waals surface area (Å²) in [7, 11) is 2.18. The number of benzene rings is 2. The average Bonchev–Trinajstić information content (AvgIpc) is 3.25. The third-order valence-electron chi connectivity index (χ3n) is 5.76. The second-order valence-corrected chi connectivity index (χ2v) is 8.06. The summed E-state index contributed by atoms with van der Waals surface area (Å²) in [6.45, 7) is 5.46. The summed E-state index contributed by atoms with van der Waals surface area (Å²) in [5, 5.41) is 11.3. The van der Waals surface area contributed by atoms with Gasteiger partial charge in [-0.05, 0) is 30.8 Å². The topological polar surface area (TPSA) is 99.0 Å². The molecule has 8 nitrogen and oxygen atoms in total. The van der Waals surface area contributed by atoms with Gasteiger partial charge in [-0.25, -0.2) is 9.97 Å². The Morgan fingerprint density at radius 2 is 1.84 bits per heavy atom. The van der Waals surface area contributed by atoms with E-state index >= 15 is 0 Å². The predicted molar refractivity (Wildman–Crippen MR) is 124 cm³/mol. The normalized spacial score (nSPS) is 15.4. The second kappa shape index (κ2) is 8.33. The van der Waals surface area contributed by atoms with Crippen molar-refractivity contribution in [1.82, 2.24) is 30.0 Å². The van der Waals surface area contributed by atoms with Gasteiger partial charge in [0.25, 0.3) is 0 Å². The Hall–Kier alpha value is -3.49. The lowest BCUT2D eigenvalue weighted by molar-refractivity contribution is 0.148. The number of rotatable bonds is 5. The maximum absolute atomic E-state index is 6.08. The summed E-state index contributed by atoms with van der Waals surface area (Å²) in [5.74, 6) is 0.907. The first-order chi connectivity index (χ1) is 15.1. The maximum atomic E-state index is 6.08. The summed E-state index contributed by atoms with van der Waals surface area (Å²) in [4.78, 5) is 13.9. The third kappa shape index (κ3) is 4.35. The number of nitrogen functional groups attached to an aromatic ring is 1. The summed E-state index contributed by atoms with van der Waals surface area (Å²) in [6.07, 6.45) is 3.50. The van der Waals surface area contributed by atoms with Crippen molar-refractivity contribution >= 4 is 28.2 Å². The Kier molecular flexibility index (Phi) is 5.23. The Bertz CT molecular complexity index is 1180. The molecule has 1 aliphatic heterocycles. The van der Waals surface area contributed by atoms with E-state index in [-0.39, 0.29) is 0 Å². The molecule has 0 bridgehead atoms. The molecule has 1 fully saturated rings. The molecule has 0 saturated carbocycles. The van der Waals surface area contributed by atoms with Gasteiger partial charge in [-0.15, -0.1) is 0 Å². The lowest BCUT2D eigenvalue weighted by Crippen LogP contribution is -2.43. The van der Waals surface area contributed by atoms with Crippen LogP contribution in [0.2, 0.25) is 0 Å². The van der Waals surface area contributed by atoms with E-state index < -0.39 is 0 Å². The highest BCUT2D eigenvalue weighted by Gasteiger charge is 2.14. The highest BCUT2D eigenvalue weighted by atomic mass is 15.2. The smallest absolute Gasteiger partial charge is 0.173 e. The van der Waals surface area contributed by atoms with E-state index in [1.54, 1.807) is 12.4 Å². The molecule has 158 valence electrons. The highest BCUT2D eigenvalue weighted by molar-refractivity contribution is 5.83. The standard InChI is InChI=1S/C23H26N8/c1-30-8-10-31(11-9-30)15-16-2-4-17(5-3-16)21-14-25-22(24)23(28-21)27-19-6-7-20-18(12-19)13-26-29-20/h2-7,12-14H,8-11,15H2,1H3,(H2,24,25)(H,26,29)(H,27,28). The van der Waals surface area contributed by atoms with E-state index in [1.165, 1.54) is 5.56 Å². The molecule has 0 aliphatic carbocycles. The molecule has 0 amide bonds. The molecule has 1 saturated heterocycles. The lowest BCUT2D eigenvalue weighted by atomic mass is 10.1. The molecule has 8 heteroatoms. The van der Waals surface area contributed by atoms with Gasteiger partial charge in [0.05, 0.1) is 23.6 Å². The van der Waals surface area contributed by atoms with Crippen molar-refractivity contribution in [3.8, 4) is 11.3 Å². The molecule has 4 N–H and O–H groups in total. The first-order valence-corrected chi connectivity index (χ1v) is 10.5. The zero-order valence-corrected chi connectivity index (χ0v) is 17.5. The number of H-pyrrole nitrogens is 1. The number of piperazine rings is 1. The van der Waals surface area contributed by atoms with Crippen molar-refractivity contribution in [1.29, 1.82) is 0 Å².